The molecule has 23 heavy (non-hydrogen) atoms. The quantitative estimate of drug-likeness (QED) is 0.723. The Bertz CT molecular complexity index is 813. The summed E-state index contributed by atoms with van der Waals surface area (Å²) in [5.74, 6) is 0.0391. The molecule has 1 amide bonds. The summed E-state index contributed by atoms with van der Waals surface area (Å²) in [6.07, 6.45) is 2.04. The van der Waals surface area contributed by atoms with Gasteiger partial charge in [0, 0.05) is 35.6 Å². The highest BCUT2D eigenvalue weighted by molar-refractivity contribution is 6.37. The van der Waals surface area contributed by atoms with Crippen LogP contribution in [-0.2, 0) is 4.79 Å². The van der Waals surface area contributed by atoms with Crippen molar-refractivity contribution in [3.05, 3.63) is 64.8 Å². The van der Waals surface area contributed by atoms with Gasteiger partial charge in [-0.3, -0.25) is 9.69 Å². The summed E-state index contributed by atoms with van der Waals surface area (Å²) in [6, 6.07) is 15.4. The second kappa shape index (κ2) is 5.43. The van der Waals surface area contributed by atoms with E-state index in [1.54, 1.807) is 4.90 Å². The molecule has 0 spiro atoms. The number of nitrogens with zero attached hydrogens (tertiary/aromatic N) is 2. The highest BCUT2D eigenvalue weighted by Gasteiger charge is 2.37. The van der Waals surface area contributed by atoms with Crippen LogP contribution in [0, 0.1) is 0 Å². The molecule has 4 heteroatoms. The van der Waals surface area contributed by atoms with Crippen LogP contribution in [0.1, 0.15) is 18.4 Å². The van der Waals surface area contributed by atoms with Gasteiger partial charge in [0.1, 0.15) is 0 Å². The molecule has 2 aromatic rings. The third kappa shape index (κ3) is 2.23. The summed E-state index contributed by atoms with van der Waals surface area (Å²) in [7, 11) is 2.06. The minimum atomic E-state index is 0.0391. The van der Waals surface area contributed by atoms with Crippen LogP contribution in [0.3, 0.4) is 0 Å². The van der Waals surface area contributed by atoms with E-state index in [1.807, 2.05) is 48.5 Å². The van der Waals surface area contributed by atoms with E-state index >= 15 is 0 Å². The Hall–Kier alpha value is -2.26. The average Bonchev–Trinajstić information content (AvgIpc) is 3.08. The Morgan fingerprint density at radius 3 is 2.57 bits per heavy atom. The van der Waals surface area contributed by atoms with E-state index in [-0.39, 0.29) is 5.91 Å². The Morgan fingerprint density at radius 2 is 1.87 bits per heavy atom. The van der Waals surface area contributed by atoms with Crippen LogP contribution in [0.15, 0.2) is 54.2 Å². The van der Waals surface area contributed by atoms with Crippen molar-refractivity contribution < 1.29 is 4.79 Å². The van der Waals surface area contributed by atoms with Gasteiger partial charge in [0.25, 0.3) is 5.91 Å². The molecule has 3 nitrogen and oxygen atoms in total. The van der Waals surface area contributed by atoms with E-state index in [1.165, 1.54) is 0 Å². The van der Waals surface area contributed by atoms with E-state index in [0.29, 0.717) is 5.02 Å². The molecule has 0 N–H and O–H groups in total. The SMILES string of the molecule is CN1CCCC1=C1C(=O)N(c2ccccc2)c2cc(Cl)ccc21. The van der Waals surface area contributed by atoms with Gasteiger partial charge < -0.3 is 4.90 Å². The van der Waals surface area contributed by atoms with Gasteiger partial charge in [-0.2, -0.15) is 0 Å². The number of carbonyl (C=O) groups is 1. The van der Waals surface area contributed by atoms with Gasteiger partial charge in [-0.25, -0.2) is 0 Å². The first-order valence-electron chi connectivity index (χ1n) is 7.80. The van der Waals surface area contributed by atoms with E-state index < -0.39 is 0 Å². The van der Waals surface area contributed by atoms with Crippen molar-refractivity contribution in [3.63, 3.8) is 0 Å². The lowest BCUT2D eigenvalue weighted by atomic mass is 10.0. The third-order valence-corrected chi connectivity index (χ3v) is 4.79. The van der Waals surface area contributed by atoms with Crippen LogP contribution in [0.5, 0.6) is 0 Å². The topological polar surface area (TPSA) is 23.6 Å². The van der Waals surface area contributed by atoms with Gasteiger partial charge >= 0.3 is 0 Å². The van der Waals surface area contributed by atoms with Crippen molar-refractivity contribution in [1.29, 1.82) is 0 Å². The largest absolute Gasteiger partial charge is 0.377 e. The van der Waals surface area contributed by atoms with Crippen molar-refractivity contribution in [2.24, 2.45) is 0 Å². The molecule has 0 saturated carbocycles. The van der Waals surface area contributed by atoms with E-state index in [2.05, 4.69) is 11.9 Å². The summed E-state index contributed by atoms with van der Waals surface area (Å²) >= 11 is 6.20. The van der Waals surface area contributed by atoms with E-state index in [0.717, 1.165) is 47.6 Å². The number of halogens is 1. The molecular weight excluding hydrogens is 308 g/mol. The molecule has 1 fully saturated rings. The van der Waals surface area contributed by atoms with Crippen LogP contribution >= 0.6 is 11.6 Å². The Labute approximate surface area is 140 Å². The molecule has 0 aromatic heterocycles. The first-order valence-corrected chi connectivity index (χ1v) is 8.18. The number of likely N-dealkylation sites (tertiary alicyclic amines) is 1. The number of amides is 1. The van der Waals surface area contributed by atoms with Crippen molar-refractivity contribution >= 4 is 34.5 Å². The van der Waals surface area contributed by atoms with Gasteiger partial charge in [0.05, 0.1) is 11.3 Å². The minimum absolute atomic E-state index is 0.0391. The number of anilines is 2. The predicted molar refractivity (Wildman–Crippen MR) is 93.8 cm³/mol. The maximum atomic E-state index is 13.2. The average molecular weight is 325 g/mol. The van der Waals surface area contributed by atoms with E-state index in [4.69, 9.17) is 11.6 Å². The van der Waals surface area contributed by atoms with Crippen LogP contribution < -0.4 is 4.90 Å². The lowest BCUT2D eigenvalue weighted by Gasteiger charge is -2.18. The number of fused-ring (bicyclic) bond motifs is 1. The number of allylic oxidation sites excluding steroid dienone is 1. The summed E-state index contributed by atoms with van der Waals surface area (Å²) in [6.45, 7) is 1.00. The summed E-state index contributed by atoms with van der Waals surface area (Å²) in [4.78, 5) is 17.2. The molecule has 0 bridgehead atoms. The van der Waals surface area contributed by atoms with Gasteiger partial charge in [0.15, 0.2) is 0 Å². The summed E-state index contributed by atoms with van der Waals surface area (Å²) in [5, 5.41) is 0.642. The molecule has 116 valence electrons. The highest BCUT2D eigenvalue weighted by atomic mass is 35.5. The second-order valence-corrected chi connectivity index (χ2v) is 6.42. The standard InChI is InChI=1S/C19H17ClN2O/c1-21-11-5-8-16(21)18-15-10-9-13(20)12-17(15)22(19(18)23)14-6-3-2-4-7-14/h2-4,6-7,9-10,12H,5,8,11H2,1H3. The molecular formula is C19H17ClN2O. The smallest absolute Gasteiger partial charge is 0.265 e. The maximum absolute atomic E-state index is 13.2. The van der Waals surface area contributed by atoms with Crippen LogP contribution in [-0.4, -0.2) is 24.4 Å². The number of para-hydroxylation sites is 1. The van der Waals surface area contributed by atoms with E-state index in [9.17, 15) is 4.79 Å². The fourth-order valence-corrected chi connectivity index (χ4v) is 3.64. The lowest BCUT2D eigenvalue weighted by molar-refractivity contribution is -0.112. The monoisotopic (exact) mass is 324 g/mol. The zero-order valence-corrected chi connectivity index (χ0v) is 13.7. The molecule has 2 aliphatic heterocycles. The molecule has 0 atom stereocenters. The van der Waals surface area contributed by atoms with Gasteiger partial charge in [-0.15, -0.1) is 0 Å². The molecule has 2 aromatic carbocycles. The Morgan fingerprint density at radius 1 is 1.09 bits per heavy atom. The Kier molecular flexibility index (Phi) is 3.38. The molecule has 0 unspecified atom stereocenters. The van der Waals surface area contributed by atoms with Gasteiger partial charge in [-0.05, 0) is 37.1 Å². The maximum Gasteiger partial charge on any atom is 0.265 e. The fraction of sp³-hybridized carbons (Fsp3) is 0.211. The zero-order valence-electron chi connectivity index (χ0n) is 12.9. The number of benzene rings is 2. The van der Waals surface area contributed by atoms with Gasteiger partial charge in [-0.1, -0.05) is 35.9 Å². The molecule has 0 radical (unpaired) electrons. The van der Waals surface area contributed by atoms with Crippen molar-refractivity contribution in [2.45, 2.75) is 12.8 Å². The predicted octanol–water partition coefficient (Wildman–Crippen LogP) is 4.46. The Balaban J connectivity index is 1.95. The van der Waals surface area contributed by atoms with Crippen LogP contribution in [0.25, 0.3) is 5.57 Å². The van der Waals surface area contributed by atoms with Crippen LogP contribution in [0.2, 0.25) is 5.02 Å². The number of hydrogen-bond donors (Lipinski definition) is 0. The molecule has 1 saturated heterocycles. The number of hydrogen-bond acceptors (Lipinski definition) is 2. The molecule has 2 aliphatic rings. The first kappa shape index (κ1) is 14.3. The van der Waals surface area contributed by atoms with Gasteiger partial charge in [0.2, 0.25) is 0 Å². The van der Waals surface area contributed by atoms with Crippen LogP contribution in [0.4, 0.5) is 11.4 Å². The van der Waals surface area contributed by atoms with Crippen molar-refractivity contribution in [3.8, 4) is 0 Å². The summed E-state index contributed by atoms with van der Waals surface area (Å²) in [5.41, 5.74) is 4.68. The number of rotatable bonds is 1. The van der Waals surface area contributed by atoms with Crippen molar-refractivity contribution in [1.82, 2.24) is 4.90 Å². The first-order chi connectivity index (χ1) is 11.2. The van der Waals surface area contributed by atoms with Crippen molar-refractivity contribution in [2.75, 3.05) is 18.5 Å². The molecule has 4 rings (SSSR count). The normalized spacial score (nSPS) is 20.3. The lowest BCUT2D eigenvalue weighted by Crippen LogP contribution is -2.22. The second-order valence-electron chi connectivity index (χ2n) is 5.98. The third-order valence-electron chi connectivity index (χ3n) is 4.56. The minimum Gasteiger partial charge on any atom is -0.377 e. The zero-order chi connectivity index (χ0) is 16.0. The molecule has 2 heterocycles. The summed E-state index contributed by atoms with van der Waals surface area (Å²) < 4.78 is 0. The molecule has 0 aliphatic carbocycles. The fourth-order valence-electron chi connectivity index (χ4n) is 3.48. The highest BCUT2D eigenvalue weighted by Crippen LogP contribution is 2.45. The number of carbonyl (C=O) groups excluding carboxylic acids is 1.